The van der Waals surface area contributed by atoms with Crippen molar-refractivity contribution in [3.05, 3.63) is 64.4 Å². The first-order valence-corrected chi connectivity index (χ1v) is 7.76. The molecule has 122 valence electrons. The van der Waals surface area contributed by atoms with Gasteiger partial charge < -0.3 is 18.6 Å². The molecule has 0 unspecified atom stereocenters. The van der Waals surface area contributed by atoms with E-state index in [9.17, 15) is 4.79 Å². The van der Waals surface area contributed by atoms with E-state index in [0.29, 0.717) is 28.5 Å². The number of fused-ring (bicyclic) bond motifs is 2. The van der Waals surface area contributed by atoms with Crippen LogP contribution in [-0.2, 0) is 22.7 Å². The average Bonchev–Trinajstić information content (AvgIpc) is 3.03. The number of carbonyl (C=O) groups excluding carboxylic acids is 1. The van der Waals surface area contributed by atoms with E-state index in [4.69, 9.17) is 30.2 Å². The number of hydrogen-bond donors (Lipinski definition) is 0. The zero-order valence-electron chi connectivity index (χ0n) is 12.6. The van der Waals surface area contributed by atoms with E-state index in [0.717, 1.165) is 10.9 Å². The molecule has 0 atom stereocenters. The van der Waals surface area contributed by atoms with Crippen molar-refractivity contribution in [2.75, 3.05) is 6.79 Å². The fourth-order valence-electron chi connectivity index (χ4n) is 2.66. The van der Waals surface area contributed by atoms with Gasteiger partial charge in [-0.1, -0.05) is 29.8 Å². The summed E-state index contributed by atoms with van der Waals surface area (Å²) in [5.41, 5.74) is 2.18. The van der Waals surface area contributed by atoms with Gasteiger partial charge in [-0.25, -0.2) is 4.79 Å². The molecule has 2 heterocycles. The van der Waals surface area contributed by atoms with Crippen molar-refractivity contribution >= 4 is 28.5 Å². The lowest BCUT2D eigenvalue weighted by Crippen LogP contribution is -2.14. The van der Waals surface area contributed by atoms with Gasteiger partial charge in [0, 0.05) is 21.5 Å². The van der Waals surface area contributed by atoms with E-state index >= 15 is 0 Å². The zero-order chi connectivity index (χ0) is 16.5. The van der Waals surface area contributed by atoms with Crippen molar-refractivity contribution < 1.29 is 23.4 Å². The van der Waals surface area contributed by atoms with Crippen LogP contribution in [0.2, 0.25) is 5.02 Å². The molecule has 0 aliphatic carbocycles. The minimum Gasteiger partial charge on any atom is -0.467 e. The summed E-state index contributed by atoms with van der Waals surface area (Å²) in [5, 5.41) is 1.39. The molecule has 6 heteroatoms. The minimum atomic E-state index is -0.535. The Morgan fingerprint density at radius 1 is 1.21 bits per heavy atom. The number of furan rings is 1. The average molecular weight is 345 g/mol. The first-order valence-electron chi connectivity index (χ1n) is 7.38. The smallest absolute Gasteiger partial charge is 0.374 e. The first kappa shape index (κ1) is 15.1. The Labute approximate surface area is 142 Å². The van der Waals surface area contributed by atoms with Gasteiger partial charge in [-0.3, -0.25) is 0 Å². The van der Waals surface area contributed by atoms with E-state index in [-0.39, 0.29) is 19.2 Å². The molecule has 1 aliphatic rings. The lowest BCUT2D eigenvalue weighted by molar-refractivity contribution is -0.0180. The lowest BCUT2D eigenvalue weighted by Gasteiger charge is -2.20. The monoisotopic (exact) mass is 344 g/mol. The van der Waals surface area contributed by atoms with Crippen LogP contribution in [0.4, 0.5) is 0 Å². The maximum atomic E-state index is 12.2. The van der Waals surface area contributed by atoms with Crippen molar-refractivity contribution in [1.82, 2.24) is 0 Å². The Balaban J connectivity index is 1.54. The Morgan fingerprint density at radius 2 is 2.08 bits per heavy atom. The van der Waals surface area contributed by atoms with Gasteiger partial charge in [0.25, 0.3) is 0 Å². The number of esters is 1. The lowest BCUT2D eigenvalue weighted by atomic mass is 10.1. The van der Waals surface area contributed by atoms with Gasteiger partial charge in [-0.2, -0.15) is 0 Å². The molecule has 0 fully saturated rings. The number of para-hydroxylation sites is 1. The van der Waals surface area contributed by atoms with E-state index in [1.807, 2.05) is 18.2 Å². The van der Waals surface area contributed by atoms with E-state index < -0.39 is 5.97 Å². The second-order valence-corrected chi connectivity index (χ2v) is 5.82. The highest BCUT2D eigenvalue weighted by atomic mass is 35.5. The highest BCUT2D eigenvalue weighted by Gasteiger charge is 2.19. The van der Waals surface area contributed by atoms with E-state index in [1.165, 1.54) is 0 Å². The zero-order valence-corrected chi connectivity index (χ0v) is 13.3. The highest BCUT2D eigenvalue weighted by Crippen LogP contribution is 2.32. The summed E-state index contributed by atoms with van der Waals surface area (Å²) in [6, 6.07) is 12.6. The van der Waals surface area contributed by atoms with Gasteiger partial charge in [-0.15, -0.1) is 0 Å². The largest absolute Gasteiger partial charge is 0.467 e. The predicted octanol–water partition coefficient (Wildman–Crippen LogP) is 4.31. The first-order chi connectivity index (χ1) is 11.7. The Hall–Kier alpha value is -2.50. The number of ether oxygens (including phenoxy) is 3. The second kappa shape index (κ2) is 6.19. The fraction of sp³-hybridized carbons (Fsp3) is 0.167. The van der Waals surface area contributed by atoms with E-state index in [2.05, 4.69) is 0 Å². The third kappa shape index (κ3) is 2.84. The van der Waals surface area contributed by atoms with Crippen LogP contribution in [0, 0.1) is 0 Å². The molecule has 0 N–H and O–H groups in total. The summed E-state index contributed by atoms with van der Waals surface area (Å²) in [6.45, 7) is 0.623. The van der Waals surface area contributed by atoms with Gasteiger partial charge >= 0.3 is 5.97 Å². The van der Waals surface area contributed by atoms with Crippen LogP contribution in [0.5, 0.6) is 5.75 Å². The summed E-state index contributed by atoms with van der Waals surface area (Å²) in [6.07, 6.45) is 0. The maximum absolute atomic E-state index is 12.2. The topological polar surface area (TPSA) is 57.9 Å². The molecule has 0 amide bonds. The van der Waals surface area contributed by atoms with Crippen LogP contribution in [0.15, 0.2) is 46.9 Å². The van der Waals surface area contributed by atoms with Crippen molar-refractivity contribution in [2.24, 2.45) is 0 Å². The number of carbonyl (C=O) groups is 1. The van der Waals surface area contributed by atoms with Crippen LogP contribution in [0.3, 0.4) is 0 Å². The molecule has 3 aromatic rings. The molecule has 0 bridgehead atoms. The van der Waals surface area contributed by atoms with E-state index in [1.54, 1.807) is 24.3 Å². The number of hydrogen-bond acceptors (Lipinski definition) is 5. The molecule has 0 saturated heterocycles. The summed E-state index contributed by atoms with van der Waals surface area (Å²) in [4.78, 5) is 12.2. The summed E-state index contributed by atoms with van der Waals surface area (Å²) < 4.78 is 21.6. The van der Waals surface area contributed by atoms with Gasteiger partial charge in [0.1, 0.15) is 17.9 Å². The molecule has 1 aromatic heterocycles. The van der Waals surface area contributed by atoms with Gasteiger partial charge in [0.15, 0.2) is 6.79 Å². The molecule has 5 nitrogen and oxygen atoms in total. The maximum Gasteiger partial charge on any atom is 0.374 e. The fourth-order valence-corrected chi connectivity index (χ4v) is 2.92. The molecule has 0 saturated carbocycles. The minimum absolute atomic E-state index is 0.0404. The predicted molar refractivity (Wildman–Crippen MR) is 87.1 cm³/mol. The normalized spacial score (nSPS) is 13.4. The summed E-state index contributed by atoms with van der Waals surface area (Å²) >= 11 is 6.10. The molecule has 2 aromatic carbocycles. The number of halogens is 1. The standard InChI is InChI=1S/C18H13ClO5/c19-14-5-12-8-21-10-23-17(12)13(6-14)9-22-18(20)16-7-11-3-1-2-4-15(11)24-16/h1-7H,8-10H2. The molecular weight excluding hydrogens is 332 g/mol. The third-order valence-corrected chi connectivity index (χ3v) is 3.96. The van der Waals surface area contributed by atoms with Crippen LogP contribution in [0.25, 0.3) is 11.0 Å². The van der Waals surface area contributed by atoms with Crippen LogP contribution < -0.4 is 4.74 Å². The number of benzene rings is 2. The Bertz CT molecular complexity index is 882. The highest BCUT2D eigenvalue weighted by molar-refractivity contribution is 6.30. The molecule has 24 heavy (non-hydrogen) atoms. The quantitative estimate of drug-likeness (QED) is 0.663. The van der Waals surface area contributed by atoms with Crippen LogP contribution in [-0.4, -0.2) is 12.8 Å². The van der Waals surface area contributed by atoms with Crippen LogP contribution in [0.1, 0.15) is 21.7 Å². The van der Waals surface area contributed by atoms with Gasteiger partial charge in [-0.05, 0) is 24.3 Å². The number of rotatable bonds is 3. The van der Waals surface area contributed by atoms with Crippen LogP contribution >= 0.6 is 11.6 Å². The van der Waals surface area contributed by atoms with Crippen molar-refractivity contribution in [3.63, 3.8) is 0 Å². The van der Waals surface area contributed by atoms with Gasteiger partial charge in [0.2, 0.25) is 5.76 Å². The van der Waals surface area contributed by atoms with Crippen molar-refractivity contribution in [2.45, 2.75) is 13.2 Å². The molecule has 4 rings (SSSR count). The second-order valence-electron chi connectivity index (χ2n) is 5.39. The van der Waals surface area contributed by atoms with Crippen molar-refractivity contribution in [3.8, 4) is 5.75 Å². The molecule has 0 radical (unpaired) electrons. The summed E-state index contributed by atoms with van der Waals surface area (Å²) in [5.74, 6) is 0.284. The van der Waals surface area contributed by atoms with Crippen molar-refractivity contribution in [1.29, 1.82) is 0 Å². The molecule has 0 spiro atoms. The third-order valence-electron chi connectivity index (χ3n) is 3.74. The summed E-state index contributed by atoms with van der Waals surface area (Å²) in [7, 11) is 0. The SMILES string of the molecule is O=C(OCc1cc(Cl)cc2c1OCOC2)c1cc2ccccc2o1. The Morgan fingerprint density at radius 3 is 2.96 bits per heavy atom. The molecule has 1 aliphatic heterocycles. The Kier molecular flexibility index (Phi) is 3.88. The molecular formula is C18H13ClO5. The van der Waals surface area contributed by atoms with Gasteiger partial charge in [0.05, 0.1) is 6.61 Å².